The molecule has 0 bridgehead atoms. The van der Waals surface area contributed by atoms with Gasteiger partial charge in [0.15, 0.2) is 0 Å². The van der Waals surface area contributed by atoms with E-state index in [1.807, 2.05) is 48.5 Å². The van der Waals surface area contributed by atoms with E-state index in [1.54, 1.807) is 0 Å². The summed E-state index contributed by atoms with van der Waals surface area (Å²) in [7, 11) is 0. The van der Waals surface area contributed by atoms with Crippen LogP contribution < -0.4 is 4.74 Å². The molecular weight excluding hydrogens is 332 g/mol. The Morgan fingerprint density at radius 3 is 2.72 bits per heavy atom. The van der Waals surface area contributed by atoms with Crippen molar-refractivity contribution in [1.29, 1.82) is 0 Å². The SMILES string of the molecule is Cc1cccc(COc2ccc(Cl)cc2-c2nc3ccccc3[nH]2)c1. The molecule has 25 heavy (non-hydrogen) atoms. The lowest BCUT2D eigenvalue weighted by atomic mass is 10.1. The van der Waals surface area contributed by atoms with Crippen molar-refractivity contribution in [3.8, 4) is 17.1 Å². The fourth-order valence-electron chi connectivity index (χ4n) is 2.86. The largest absolute Gasteiger partial charge is 0.488 e. The normalized spacial score (nSPS) is 11.0. The predicted molar refractivity (Wildman–Crippen MR) is 102 cm³/mol. The molecule has 4 aromatic rings. The van der Waals surface area contributed by atoms with Crippen molar-refractivity contribution in [3.63, 3.8) is 0 Å². The lowest BCUT2D eigenvalue weighted by Crippen LogP contribution is -1.98. The highest BCUT2D eigenvalue weighted by Crippen LogP contribution is 2.32. The van der Waals surface area contributed by atoms with Crippen molar-refractivity contribution >= 4 is 22.6 Å². The standard InChI is InChI=1S/C21H17ClN2O/c1-14-5-4-6-15(11-14)13-25-20-10-9-16(22)12-17(20)21-23-18-7-2-3-8-19(18)24-21/h2-12H,13H2,1H3,(H,23,24). The maximum atomic E-state index is 6.21. The van der Waals surface area contributed by atoms with Gasteiger partial charge >= 0.3 is 0 Å². The first kappa shape index (κ1) is 15.7. The van der Waals surface area contributed by atoms with Gasteiger partial charge in [-0.05, 0) is 42.8 Å². The van der Waals surface area contributed by atoms with Crippen LogP contribution in [-0.2, 0) is 6.61 Å². The first-order chi connectivity index (χ1) is 12.2. The van der Waals surface area contributed by atoms with E-state index < -0.39 is 0 Å². The molecule has 0 aliphatic rings. The Labute approximate surface area is 151 Å². The molecule has 0 aliphatic carbocycles. The van der Waals surface area contributed by atoms with Crippen molar-refractivity contribution in [2.75, 3.05) is 0 Å². The summed E-state index contributed by atoms with van der Waals surface area (Å²) in [6.45, 7) is 2.57. The van der Waals surface area contributed by atoms with Crippen LogP contribution in [0.4, 0.5) is 0 Å². The molecule has 1 aromatic heterocycles. The highest BCUT2D eigenvalue weighted by atomic mass is 35.5. The van der Waals surface area contributed by atoms with E-state index in [0.29, 0.717) is 11.6 Å². The highest BCUT2D eigenvalue weighted by Gasteiger charge is 2.12. The fraction of sp³-hybridized carbons (Fsp3) is 0.0952. The summed E-state index contributed by atoms with van der Waals surface area (Å²) in [6, 6.07) is 21.8. The molecular formula is C21H17ClN2O. The molecule has 1 heterocycles. The number of rotatable bonds is 4. The van der Waals surface area contributed by atoms with Gasteiger partial charge in [0, 0.05) is 5.02 Å². The number of halogens is 1. The average molecular weight is 349 g/mol. The van der Waals surface area contributed by atoms with E-state index in [1.165, 1.54) is 5.56 Å². The molecule has 4 rings (SSSR count). The number of imidazole rings is 1. The molecule has 3 nitrogen and oxygen atoms in total. The third-order valence-electron chi connectivity index (χ3n) is 4.06. The molecule has 4 heteroatoms. The molecule has 0 radical (unpaired) electrons. The monoisotopic (exact) mass is 348 g/mol. The second-order valence-corrected chi connectivity index (χ2v) is 6.46. The molecule has 0 aliphatic heterocycles. The van der Waals surface area contributed by atoms with Crippen LogP contribution in [-0.4, -0.2) is 9.97 Å². The Morgan fingerprint density at radius 1 is 1.00 bits per heavy atom. The summed E-state index contributed by atoms with van der Waals surface area (Å²) in [5.74, 6) is 1.51. The number of hydrogen-bond acceptors (Lipinski definition) is 2. The van der Waals surface area contributed by atoms with Crippen LogP contribution in [0, 0.1) is 6.92 Å². The maximum absolute atomic E-state index is 6.21. The minimum absolute atomic E-state index is 0.497. The maximum Gasteiger partial charge on any atom is 0.142 e. The van der Waals surface area contributed by atoms with Crippen molar-refractivity contribution < 1.29 is 4.74 Å². The predicted octanol–water partition coefficient (Wildman–Crippen LogP) is 5.77. The average Bonchev–Trinajstić information content (AvgIpc) is 3.05. The zero-order valence-corrected chi connectivity index (χ0v) is 14.5. The van der Waals surface area contributed by atoms with Crippen molar-refractivity contribution in [2.45, 2.75) is 13.5 Å². The van der Waals surface area contributed by atoms with Crippen molar-refractivity contribution in [3.05, 3.63) is 82.9 Å². The topological polar surface area (TPSA) is 37.9 Å². The molecule has 0 saturated carbocycles. The van der Waals surface area contributed by atoms with Crippen LogP contribution in [0.15, 0.2) is 66.7 Å². The summed E-state index contributed by atoms with van der Waals surface area (Å²) < 4.78 is 6.06. The van der Waals surface area contributed by atoms with Crippen LogP contribution in [0.2, 0.25) is 5.02 Å². The van der Waals surface area contributed by atoms with E-state index in [-0.39, 0.29) is 0 Å². The number of aromatic nitrogens is 2. The summed E-state index contributed by atoms with van der Waals surface area (Å²) in [6.07, 6.45) is 0. The molecule has 0 fully saturated rings. The third-order valence-corrected chi connectivity index (χ3v) is 4.30. The van der Waals surface area contributed by atoms with Crippen molar-refractivity contribution in [2.24, 2.45) is 0 Å². The number of para-hydroxylation sites is 2. The van der Waals surface area contributed by atoms with Gasteiger partial charge in [-0.25, -0.2) is 4.98 Å². The number of fused-ring (bicyclic) bond motifs is 1. The minimum Gasteiger partial charge on any atom is -0.488 e. The fourth-order valence-corrected chi connectivity index (χ4v) is 3.03. The smallest absolute Gasteiger partial charge is 0.142 e. The van der Waals surface area contributed by atoms with E-state index in [9.17, 15) is 0 Å². The Hall–Kier alpha value is -2.78. The van der Waals surface area contributed by atoms with Gasteiger partial charge in [0.25, 0.3) is 0 Å². The van der Waals surface area contributed by atoms with E-state index in [4.69, 9.17) is 16.3 Å². The van der Waals surface area contributed by atoms with Gasteiger partial charge < -0.3 is 9.72 Å². The summed E-state index contributed by atoms with van der Waals surface area (Å²) >= 11 is 6.21. The Bertz CT molecular complexity index is 1010. The quantitative estimate of drug-likeness (QED) is 0.508. The van der Waals surface area contributed by atoms with Crippen LogP contribution in [0.25, 0.3) is 22.4 Å². The van der Waals surface area contributed by atoms with Crippen LogP contribution in [0.1, 0.15) is 11.1 Å². The van der Waals surface area contributed by atoms with Gasteiger partial charge in [-0.15, -0.1) is 0 Å². The molecule has 1 N–H and O–H groups in total. The van der Waals surface area contributed by atoms with Gasteiger partial charge in [0.1, 0.15) is 18.2 Å². The Kier molecular flexibility index (Phi) is 4.16. The summed E-state index contributed by atoms with van der Waals surface area (Å²) in [4.78, 5) is 8.00. The first-order valence-electron chi connectivity index (χ1n) is 8.12. The lowest BCUT2D eigenvalue weighted by molar-refractivity contribution is 0.307. The highest BCUT2D eigenvalue weighted by molar-refractivity contribution is 6.30. The third kappa shape index (κ3) is 3.37. The zero-order valence-electron chi connectivity index (χ0n) is 13.8. The van der Waals surface area contributed by atoms with E-state index in [0.717, 1.165) is 33.7 Å². The summed E-state index contributed by atoms with van der Waals surface area (Å²) in [5, 5.41) is 0.651. The zero-order chi connectivity index (χ0) is 17.2. The number of aromatic amines is 1. The molecule has 0 unspecified atom stereocenters. The first-order valence-corrected chi connectivity index (χ1v) is 8.50. The number of hydrogen-bond donors (Lipinski definition) is 1. The molecule has 0 spiro atoms. The Morgan fingerprint density at radius 2 is 1.88 bits per heavy atom. The lowest BCUT2D eigenvalue weighted by Gasteiger charge is -2.11. The molecule has 0 atom stereocenters. The molecule has 124 valence electrons. The number of benzene rings is 3. The minimum atomic E-state index is 0.497. The van der Waals surface area contributed by atoms with Gasteiger partial charge in [0.05, 0.1) is 16.6 Å². The number of aryl methyl sites for hydroxylation is 1. The van der Waals surface area contributed by atoms with E-state index >= 15 is 0 Å². The van der Waals surface area contributed by atoms with Gasteiger partial charge in [-0.3, -0.25) is 0 Å². The summed E-state index contributed by atoms with van der Waals surface area (Å²) in [5.41, 5.74) is 5.11. The van der Waals surface area contributed by atoms with E-state index in [2.05, 4.69) is 35.1 Å². The Balaban J connectivity index is 1.68. The molecule has 3 aromatic carbocycles. The number of ether oxygens (including phenoxy) is 1. The van der Waals surface area contributed by atoms with Gasteiger partial charge in [-0.2, -0.15) is 0 Å². The molecule has 0 amide bonds. The van der Waals surface area contributed by atoms with Crippen LogP contribution in [0.3, 0.4) is 0 Å². The van der Waals surface area contributed by atoms with Gasteiger partial charge in [0.2, 0.25) is 0 Å². The van der Waals surface area contributed by atoms with Crippen molar-refractivity contribution in [1.82, 2.24) is 9.97 Å². The number of H-pyrrole nitrogens is 1. The second-order valence-electron chi connectivity index (χ2n) is 6.02. The second kappa shape index (κ2) is 6.61. The van der Waals surface area contributed by atoms with Crippen LogP contribution in [0.5, 0.6) is 5.75 Å². The van der Waals surface area contributed by atoms with Crippen LogP contribution >= 0.6 is 11.6 Å². The number of nitrogens with zero attached hydrogens (tertiary/aromatic N) is 1. The molecule has 0 saturated heterocycles. The number of nitrogens with one attached hydrogen (secondary N) is 1. The van der Waals surface area contributed by atoms with Gasteiger partial charge in [-0.1, -0.05) is 53.6 Å².